The van der Waals surface area contributed by atoms with Crippen molar-refractivity contribution < 1.29 is 23.1 Å². The van der Waals surface area contributed by atoms with E-state index in [0.29, 0.717) is 12.6 Å². The summed E-state index contributed by atoms with van der Waals surface area (Å²) in [6, 6.07) is 11.0. The summed E-state index contributed by atoms with van der Waals surface area (Å²) < 4.78 is 51.7. The summed E-state index contributed by atoms with van der Waals surface area (Å²) in [6.07, 6.45) is 3.85. The summed E-state index contributed by atoms with van der Waals surface area (Å²) in [4.78, 5) is -0.437. The first-order valence-corrected chi connectivity index (χ1v) is 7.80. The summed E-state index contributed by atoms with van der Waals surface area (Å²) in [6.45, 7) is 0.621. The van der Waals surface area contributed by atoms with Gasteiger partial charge in [-0.1, -0.05) is 36.4 Å². The lowest BCUT2D eigenvalue weighted by atomic mass is 10.1. The molecule has 1 aliphatic rings. The van der Waals surface area contributed by atoms with Gasteiger partial charge in [-0.05, 0) is 24.3 Å². The molecule has 0 atom stereocenters. The van der Waals surface area contributed by atoms with Gasteiger partial charge in [-0.3, -0.25) is 4.18 Å². The maximum absolute atomic E-state index is 12.8. The number of ether oxygens (including phenoxy) is 1. The van der Waals surface area contributed by atoms with Gasteiger partial charge in [-0.2, -0.15) is 8.42 Å². The van der Waals surface area contributed by atoms with Gasteiger partial charge in [0, 0.05) is 5.56 Å². The second-order valence-electron chi connectivity index (χ2n) is 4.21. The summed E-state index contributed by atoms with van der Waals surface area (Å²) >= 11 is 0. The highest BCUT2D eigenvalue weighted by Gasteiger charge is 2.16. The monoisotopic (exact) mass is 323 g/mol. The minimum absolute atomic E-state index is 0.437. The molecule has 1 heterocycles. The smallest absolute Gasteiger partial charge is 0.299 e. The Bertz CT molecular complexity index is 819. The van der Waals surface area contributed by atoms with Crippen molar-refractivity contribution in [3.05, 3.63) is 66.0 Å². The van der Waals surface area contributed by atoms with Gasteiger partial charge in [-0.15, -0.1) is 0 Å². The molecule has 3 rings (SSSR count). The van der Waals surface area contributed by atoms with Crippen LogP contribution in [0.3, 0.4) is 0 Å². The van der Waals surface area contributed by atoms with Gasteiger partial charge >= 0.3 is 0 Å². The molecule has 116 valence electrons. The molecule has 0 saturated carbocycles. The second-order valence-corrected chi connectivity index (χ2v) is 5.89. The molecular weight excluding hydrogens is 307 g/mol. The minimum Gasteiger partial charge on any atom is -0.489 e. The summed E-state index contributed by atoms with van der Waals surface area (Å²) in [5.74, 6) is 0.0133. The Kier molecular flexibility index (Phi) is 4.82. The van der Waals surface area contributed by atoms with Crippen molar-refractivity contribution in [1.82, 2.24) is 0 Å². The van der Waals surface area contributed by atoms with Crippen molar-refractivity contribution in [1.29, 1.82) is 0 Å². The number of halogens is 1. The Morgan fingerprint density at radius 3 is 2.64 bits per heavy atom. The summed E-state index contributed by atoms with van der Waals surface area (Å²) in [5.41, 5.74) is 0.888. The van der Waals surface area contributed by atoms with E-state index in [9.17, 15) is 12.8 Å². The van der Waals surface area contributed by atoms with Crippen LogP contribution in [-0.4, -0.2) is 22.1 Å². The van der Waals surface area contributed by atoms with Gasteiger partial charge in [-0.25, -0.2) is 4.39 Å². The number of hydrogen-bond donors (Lipinski definition) is 0. The molecule has 0 bridgehead atoms. The second kappa shape index (κ2) is 7.20. The zero-order chi connectivity index (χ0) is 16.9. The van der Waals surface area contributed by atoms with Crippen LogP contribution in [0.5, 0.6) is 5.75 Å². The highest BCUT2D eigenvalue weighted by atomic mass is 32.2. The predicted octanol–water partition coefficient (Wildman–Crippen LogP) is 3.25. The van der Waals surface area contributed by atoms with Crippen molar-refractivity contribution in [2.24, 2.45) is 0 Å². The molecule has 0 fully saturated rings. The molecule has 4 nitrogen and oxygen atoms in total. The van der Waals surface area contributed by atoms with E-state index in [0.717, 1.165) is 30.6 Å². The number of hydrogen-bond acceptors (Lipinski definition) is 4. The van der Waals surface area contributed by atoms with E-state index in [1.54, 1.807) is 6.07 Å². The molecule has 0 radical (unpaired) electrons. The molecule has 22 heavy (non-hydrogen) atoms. The van der Waals surface area contributed by atoms with Gasteiger partial charge < -0.3 is 4.74 Å². The Hall–Kier alpha value is -2.18. The normalized spacial score (nSPS) is 13.3. The fourth-order valence-corrected chi connectivity index (χ4v) is 2.46. The summed E-state index contributed by atoms with van der Waals surface area (Å²) in [7, 11) is -2.92. The zero-order valence-electron chi connectivity index (χ0n) is 12.8. The van der Waals surface area contributed by atoms with Crippen molar-refractivity contribution in [3.8, 4) is 5.75 Å². The predicted molar refractivity (Wildman–Crippen MR) is 81.6 cm³/mol. The Morgan fingerprint density at radius 1 is 1.23 bits per heavy atom. The molecular formula is C16H15FO4S. The molecule has 0 unspecified atom stereocenters. The fourth-order valence-electron chi connectivity index (χ4n) is 1.73. The third-order valence-electron chi connectivity index (χ3n) is 2.79. The van der Waals surface area contributed by atoms with Gasteiger partial charge in [0.1, 0.15) is 23.1 Å². The van der Waals surface area contributed by atoms with Crippen LogP contribution in [0.25, 0.3) is 6.08 Å². The molecule has 1 aliphatic heterocycles. The zero-order valence-corrected chi connectivity index (χ0v) is 12.6. The largest absolute Gasteiger partial charge is 0.489 e. The standard InChI is InChI=1S/C9H8O.C7H7FO3S/c1-2-6-9-8(4-1)5-3-7-10-9;1-11-12(9,10)7-5-3-2-4-6(7)8/h1-6H,7H2;2-5H,1H3/i4D;. The lowest BCUT2D eigenvalue weighted by molar-refractivity contribution is 0.358. The first kappa shape index (κ1) is 14.7. The van der Waals surface area contributed by atoms with Crippen molar-refractivity contribution in [3.63, 3.8) is 0 Å². The Balaban J connectivity index is 0.000000167. The van der Waals surface area contributed by atoms with E-state index in [2.05, 4.69) is 4.18 Å². The average molecular weight is 323 g/mol. The van der Waals surface area contributed by atoms with Crippen molar-refractivity contribution >= 4 is 16.2 Å². The SMILES string of the molecule is COS(=O)(=O)c1ccccc1F.[2H]c1cccc2c1C=CCO2. The Morgan fingerprint density at radius 2 is 1.95 bits per heavy atom. The Labute approximate surface area is 130 Å². The molecule has 0 amide bonds. The van der Waals surface area contributed by atoms with Crippen LogP contribution in [-0.2, 0) is 14.3 Å². The third-order valence-corrected chi connectivity index (χ3v) is 4.10. The minimum atomic E-state index is -3.90. The maximum atomic E-state index is 12.8. The molecule has 0 saturated heterocycles. The number of para-hydroxylation sites is 1. The van der Waals surface area contributed by atoms with E-state index in [-0.39, 0.29) is 0 Å². The van der Waals surface area contributed by atoms with E-state index in [1.807, 2.05) is 24.3 Å². The quantitative estimate of drug-likeness (QED) is 0.796. The summed E-state index contributed by atoms with van der Waals surface area (Å²) in [5, 5.41) is 0. The van der Waals surface area contributed by atoms with Crippen LogP contribution < -0.4 is 4.74 Å². The van der Waals surface area contributed by atoms with Gasteiger partial charge in [0.2, 0.25) is 0 Å². The number of rotatable bonds is 2. The molecule has 0 spiro atoms. The van der Waals surface area contributed by atoms with E-state index < -0.39 is 20.8 Å². The maximum Gasteiger partial charge on any atom is 0.299 e. The van der Waals surface area contributed by atoms with Crippen molar-refractivity contribution in [2.45, 2.75) is 4.90 Å². The number of benzene rings is 2. The van der Waals surface area contributed by atoms with Gasteiger partial charge in [0.25, 0.3) is 10.1 Å². The number of fused-ring (bicyclic) bond motifs is 1. The fraction of sp³-hybridized carbons (Fsp3) is 0.125. The van der Waals surface area contributed by atoms with E-state index in [4.69, 9.17) is 6.11 Å². The highest BCUT2D eigenvalue weighted by Crippen LogP contribution is 2.21. The highest BCUT2D eigenvalue weighted by molar-refractivity contribution is 7.86. The van der Waals surface area contributed by atoms with Crippen molar-refractivity contribution in [2.75, 3.05) is 13.7 Å². The van der Waals surface area contributed by atoms with Crippen LogP contribution in [0.4, 0.5) is 4.39 Å². The van der Waals surface area contributed by atoms with E-state index in [1.165, 1.54) is 12.1 Å². The molecule has 0 aromatic heterocycles. The lowest BCUT2D eigenvalue weighted by Gasteiger charge is -2.10. The van der Waals surface area contributed by atoms with E-state index >= 15 is 0 Å². The molecule has 6 heteroatoms. The average Bonchev–Trinajstić information content (AvgIpc) is 2.56. The van der Waals surface area contributed by atoms with Gasteiger partial charge in [0.15, 0.2) is 0 Å². The first-order valence-electron chi connectivity index (χ1n) is 6.90. The first-order chi connectivity index (χ1) is 11.0. The molecule has 0 aliphatic carbocycles. The van der Waals surface area contributed by atoms with Gasteiger partial charge in [0.05, 0.1) is 8.48 Å². The molecule has 0 N–H and O–H groups in total. The third kappa shape index (κ3) is 3.93. The lowest BCUT2D eigenvalue weighted by Crippen LogP contribution is -2.04. The molecule has 2 aromatic rings. The van der Waals surface area contributed by atoms with Crippen LogP contribution in [0.1, 0.15) is 6.93 Å². The topological polar surface area (TPSA) is 52.6 Å². The van der Waals surface area contributed by atoms with Crippen LogP contribution in [0.2, 0.25) is 0 Å². The van der Waals surface area contributed by atoms with Crippen LogP contribution >= 0.6 is 0 Å². The van der Waals surface area contributed by atoms with Crippen LogP contribution in [0.15, 0.2) is 59.5 Å². The van der Waals surface area contributed by atoms with Crippen LogP contribution in [0, 0.1) is 5.82 Å². The molecule has 2 aromatic carbocycles.